The molecule has 1 saturated heterocycles. The van der Waals surface area contributed by atoms with Crippen LogP contribution < -0.4 is 15.5 Å². The average Bonchev–Trinajstić information content (AvgIpc) is 2.62. The van der Waals surface area contributed by atoms with E-state index in [9.17, 15) is 9.18 Å². The molecular formula is C18H20FN3O2. The lowest BCUT2D eigenvalue weighted by molar-refractivity contribution is -0.114. The third kappa shape index (κ3) is 4.23. The predicted molar refractivity (Wildman–Crippen MR) is 93.0 cm³/mol. The lowest BCUT2D eigenvalue weighted by atomic mass is 10.2. The van der Waals surface area contributed by atoms with Gasteiger partial charge in [0.25, 0.3) is 0 Å². The smallest absolute Gasteiger partial charge is 0.243 e. The molecule has 0 saturated carbocycles. The van der Waals surface area contributed by atoms with Crippen LogP contribution in [-0.4, -0.2) is 38.8 Å². The van der Waals surface area contributed by atoms with Crippen LogP contribution in [0.5, 0.6) is 0 Å². The van der Waals surface area contributed by atoms with Gasteiger partial charge in [0, 0.05) is 24.5 Å². The van der Waals surface area contributed by atoms with E-state index in [4.69, 9.17) is 4.74 Å². The molecule has 0 spiro atoms. The first kappa shape index (κ1) is 16.3. The molecular weight excluding hydrogens is 309 g/mol. The summed E-state index contributed by atoms with van der Waals surface area (Å²) in [6, 6.07) is 14.0. The number of hydrogen-bond acceptors (Lipinski definition) is 4. The summed E-state index contributed by atoms with van der Waals surface area (Å²) in [4.78, 5) is 14.2. The summed E-state index contributed by atoms with van der Waals surface area (Å²) >= 11 is 0. The summed E-state index contributed by atoms with van der Waals surface area (Å²) in [5.41, 5.74) is 2.14. The Kier molecular flexibility index (Phi) is 5.28. The van der Waals surface area contributed by atoms with Crippen LogP contribution in [0.2, 0.25) is 0 Å². The number of nitrogens with one attached hydrogen (secondary N) is 2. The van der Waals surface area contributed by atoms with E-state index in [1.807, 2.05) is 24.3 Å². The van der Waals surface area contributed by atoms with Crippen molar-refractivity contribution in [2.24, 2.45) is 0 Å². The minimum Gasteiger partial charge on any atom is -0.378 e. The highest BCUT2D eigenvalue weighted by atomic mass is 19.1. The molecule has 126 valence electrons. The fourth-order valence-electron chi connectivity index (χ4n) is 2.56. The summed E-state index contributed by atoms with van der Waals surface area (Å²) in [7, 11) is 0. The third-order valence-corrected chi connectivity index (χ3v) is 3.84. The Hall–Kier alpha value is -2.60. The van der Waals surface area contributed by atoms with Crippen molar-refractivity contribution in [3.8, 4) is 0 Å². The Morgan fingerprint density at radius 2 is 1.79 bits per heavy atom. The van der Waals surface area contributed by atoms with Crippen molar-refractivity contribution in [3.63, 3.8) is 0 Å². The molecule has 1 aliphatic heterocycles. The standard InChI is InChI=1S/C18H20FN3O2/c19-16-3-1-2-4-17(16)20-13-18(23)21-14-5-7-15(8-6-14)22-9-11-24-12-10-22/h1-8,20H,9-13H2,(H,21,23). The van der Waals surface area contributed by atoms with Crippen molar-refractivity contribution < 1.29 is 13.9 Å². The second-order valence-electron chi connectivity index (χ2n) is 5.53. The molecule has 6 heteroatoms. The molecule has 24 heavy (non-hydrogen) atoms. The zero-order valence-electron chi connectivity index (χ0n) is 13.3. The number of carbonyl (C=O) groups is 1. The number of halogens is 1. The van der Waals surface area contributed by atoms with Gasteiger partial charge in [-0.25, -0.2) is 4.39 Å². The molecule has 0 unspecified atom stereocenters. The van der Waals surface area contributed by atoms with Crippen molar-refractivity contribution >= 4 is 23.0 Å². The SMILES string of the molecule is O=C(CNc1ccccc1F)Nc1ccc(N2CCOCC2)cc1. The highest BCUT2D eigenvalue weighted by molar-refractivity contribution is 5.93. The Morgan fingerprint density at radius 1 is 1.08 bits per heavy atom. The van der Waals surface area contributed by atoms with Gasteiger partial charge in [-0.1, -0.05) is 12.1 Å². The Bertz CT molecular complexity index is 685. The topological polar surface area (TPSA) is 53.6 Å². The van der Waals surface area contributed by atoms with Gasteiger partial charge in [0.2, 0.25) is 5.91 Å². The molecule has 0 bridgehead atoms. The van der Waals surface area contributed by atoms with Crippen LogP contribution in [0.3, 0.4) is 0 Å². The second-order valence-corrected chi connectivity index (χ2v) is 5.53. The first-order valence-electron chi connectivity index (χ1n) is 7.93. The van der Waals surface area contributed by atoms with E-state index in [0.717, 1.165) is 32.0 Å². The largest absolute Gasteiger partial charge is 0.378 e. The monoisotopic (exact) mass is 329 g/mol. The first-order chi connectivity index (χ1) is 11.7. The van der Waals surface area contributed by atoms with Crippen molar-refractivity contribution in [2.75, 3.05) is 48.4 Å². The molecule has 2 N–H and O–H groups in total. The highest BCUT2D eigenvalue weighted by Gasteiger charge is 2.11. The van der Waals surface area contributed by atoms with Crippen molar-refractivity contribution in [1.82, 2.24) is 0 Å². The number of anilines is 3. The third-order valence-electron chi connectivity index (χ3n) is 3.84. The van der Waals surface area contributed by atoms with Gasteiger partial charge in [0.1, 0.15) is 5.82 Å². The van der Waals surface area contributed by atoms with Crippen LogP contribution in [0, 0.1) is 5.82 Å². The van der Waals surface area contributed by atoms with E-state index < -0.39 is 0 Å². The maximum absolute atomic E-state index is 13.5. The zero-order valence-corrected chi connectivity index (χ0v) is 13.3. The van der Waals surface area contributed by atoms with Gasteiger partial charge < -0.3 is 20.3 Å². The number of hydrogen-bond donors (Lipinski definition) is 2. The average molecular weight is 329 g/mol. The number of ether oxygens (including phenoxy) is 1. The van der Waals surface area contributed by atoms with Gasteiger partial charge in [-0.3, -0.25) is 4.79 Å². The summed E-state index contributed by atoms with van der Waals surface area (Å²) in [6.45, 7) is 3.23. The summed E-state index contributed by atoms with van der Waals surface area (Å²) in [5.74, 6) is -0.600. The quantitative estimate of drug-likeness (QED) is 0.886. The Morgan fingerprint density at radius 3 is 2.50 bits per heavy atom. The molecule has 2 aromatic rings. The normalized spacial score (nSPS) is 14.3. The van der Waals surface area contributed by atoms with Gasteiger partial charge in [-0.05, 0) is 36.4 Å². The molecule has 0 radical (unpaired) electrons. The number of amides is 1. The van der Waals surface area contributed by atoms with Crippen molar-refractivity contribution in [1.29, 1.82) is 0 Å². The number of benzene rings is 2. The minimum absolute atomic E-state index is 0.00610. The van der Waals surface area contributed by atoms with E-state index >= 15 is 0 Å². The van der Waals surface area contributed by atoms with E-state index in [2.05, 4.69) is 15.5 Å². The zero-order chi connectivity index (χ0) is 16.8. The lowest BCUT2D eigenvalue weighted by Gasteiger charge is -2.28. The van der Waals surface area contributed by atoms with Gasteiger partial charge >= 0.3 is 0 Å². The molecule has 5 nitrogen and oxygen atoms in total. The van der Waals surface area contributed by atoms with Crippen LogP contribution in [0.25, 0.3) is 0 Å². The van der Waals surface area contributed by atoms with Gasteiger partial charge in [-0.15, -0.1) is 0 Å². The fourth-order valence-corrected chi connectivity index (χ4v) is 2.56. The summed E-state index contributed by atoms with van der Waals surface area (Å²) in [6.07, 6.45) is 0. The molecule has 2 aromatic carbocycles. The number of carbonyl (C=O) groups excluding carboxylic acids is 1. The van der Waals surface area contributed by atoms with Crippen LogP contribution in [-0.2, 0) is 9.53 Å². The maximum Gasteiger partial charge on any atom is 0.243 e. The van der Waals surface area contributed by atoms with E-state index in [0.29, 0.717) is 11.4 Å². The molecule has 0 aromatic heterocycles. The number of morpholine rings is 1. The number of nitrogens with zero attached hydrogens (tertiary/aromatic N) is 1. The van der Waals surface area contributed by atoms with E-state index in [-0.39, 0.29) is 18.3 Å². The number of rotatable bonds is 5. The molecule has 1 aliphatic rings. The molecule has 0 aliphatic carbocycles. The lowest BCUT2D eigenvalue weighted by Crippen LogP contribution is -2.36. The van der Waals surface area contributed by atoms with Crippen LogP contribution in [0.1, 0.15) is 0 Å². The molecule has 1 amide bonds. The van der Waals surface area contributed by atoms with E-state index in [1.54, 1.807) is 18.2 Å². The Balaban J connectivity index is 1.52. The van der Waals surface area contributed by atoms with Gasteiger partial charge in [0.05, 0.1) is 25.4 Å². The van der Waals surface area contributed by atoms with Crippen LogP contribution in [0.4, 0.5) is 21.5 Å². The van der Waals surface area contributed by atoms with Crippen molar-refractivity contribution in [2.45, 2.75) is 0 Å². The maximum atomic E-state index is 13.5. The Labute approximate surface area is 140 Å². The fraction of sp³-hybridized carbons (Fsp3) is 0.278. The predicted octanol–water partition coefficient (Wildman–Crippen LogP) is 2.71. The minimum atomic E-state index is -0.375. The second kappa shape index (κ2) is 7.79. The summed E-state index contributed by atoms with van der Waals surface area (Å²) in [5, 5.41) is 5.58. The summed E-state index contributed by atoms with van der Waals surface area (Å²) < 4.78 is 18.8. The molecule has 1 fully saturated rings. The molecule has 3 rings (SSSR count). The van der Waals surface area contributed by atoms with Gasteiger partial charge in [-0.2, -0.15) is 0 Å². The molecule has 1 heterocycles. The van der Waals surface area contributed by atoms with E-state index in [1.165, 1.54) is 6.07 Å². The van der Waals surface area contributed by atoms with Crippen molar-refractivity contribution in [3.05, 3.63) is 54.3 Å². The van der Waals surface area contributed by atoms with Gasteiger partial charge in [0.15, 0.2) is 0 Å². The first-order valence-corrected chi connectivity index (χ1v) is 7.93. The van der Waals surface area contributed by atoms with Crippen LogP contribution >= 0.6 is 0 Å². The van der Waals surface area contributed by atoms with Crippen LogP contribution in [0.15, 0.2) is 48.5 Å². The number of para-hydroxylation sites is 1. The highest BCUT2D eigenvalue weighted by Crippen LogP contribution is 2.19. The molecule has 0 atom stereocenters.